The molecule has 1 aliphatic heterocycles. The molecule has 3 heterocycles. The number of hydrogen-bond donors (Lipinski definition) is 0. The van der Waals surface area contributed by atoms with Gasteiger partial charge in [0.25, 0.3) is 0 Å². The number of fused-ring (bicyclic) bond motifs is 2. The van der Waals surface area contributed by atoms with Gasteiger partial charge in [-0.05, 0) is 55.8 Å². The summed E-state index contributed by atoms with van der Waals surface area (Å²) < 4.78 is 12.3. The Morgan fingerprint density at radius 1 is 0.902 bits per heavy atom. The van der Waals surface area contributed by atoms with Gasteiger partial charge in [0.15, 0.2) is 5.76 Å². The first-order valence-electron chi connectivity index (χ1n) is 13.9. The zero-order valence-corrected chi connectivity index (χ0v) is 24.4. The Labute approximate surface area is 249 Å². The lowest BCUT2D eigenvalue weighted by atomic mass is 10.1. The number of aromatic nitrogens is 1. The topological polar surface area (TPSA) is 58.8 Å². The van der Waals surface area contributed by atoms with Crippen LogP contribution in [-0.4, -0.2) is 54.1 Å². The SMILES string of the molecule is Cc1ccc2oc(-c3ccc(Cl)c(Cl)c3)c(OCCCN3CCN(Cc4ccc5ccccc5n4)CC3)c(=O)c2c1. The number of halogens is 2. The van der Waals surface area contributed by atoms with E-state index in [1.165, 1.54) is 5.39 Å². The zero-order valence-electron chi connectivity index (χ0n) is 22.9. The van der Waals surface area contributed by atoms with Crippen LogP contribution in [0.25, 0.3) is 33.2 Å². The minimum absolute atomic E-state index is 0.188. The molecule has 1 saturated heterocycles. The molecule has 0 aliphatic carbocycles. The molecule has 210 valence electrons. The standard InChI is InChI=1S/C33H31Cl2N3O3/c1-22-7-12-30-26(19-22)31(39)33(32(41-30)24-9-11-27(34)28(35)20-24)40-18-4-13-37-14-16-38(17-15-37)21-25-10-8-23-5-2-3-6-29(23)36-25/h2-3,5-12,19-20H,4,13-18,21H2,1H3. The third kappa shape index (κ3) is 6.26. The minimum Gasteiger partial charge on any atom is -0.486 e. The lowest BCUT2D eigenvalue weighted by Gasteiger charge is -2.34. The molecule has 0 unspecified atom stereocenters. The summed E-state index contributed by atoms with van der Waals surface area (Å²) in [5, 5.41) is 2.49. The lowest BCUT2D eigenvalue weighted by molar-refractivity contribution is 0.120. The number of para-hydroxylation sites is 1. The van der Waals surface area contributed by atoms with Gasteiger partial charge in [0.05, 0.1) is 33.2 Å². The Bertz CT molecular complexity index is 1760. The van der Waals surface area contributed by atoms with E-state index in [2.05, 4.69) is 34.1 Å². The number of piperazine rings is 1. The maximum absolute atomic E-state index is 13.5. The van der Waals surface area contributed by atoms with Gasteiger partial charge in [-0.1, -0.05) is 59.1 Å². The van der Waals surface area contributed by atoms with E-state index in [1.54, 1.807) is 18.2 Å². The number of aryl methyl sites for hydroxylation is 1. The highest BCUT2D eigenvalue weighted by Gasteiger charge is 2.20. The van der Waals surface area contributed by atoms with Crippen LogP contribution in [0.5, 0.6) is 5.75 Å². The fourth-order valence-corrected chi connectivity index (χ4v) is 5.61. The number of rotatable bonds is 8. The van der Waals surface area contributed by atoms with Crippen molar-refractivity contribution < 1.29 is 9.15 Å². The first-order chi connectivity index (χ1) is 19.9. The summed E-state index contributed by atoms with van der Waals surface area (Å²) in [6, 6.07) is 23.2. The molecule has 2 aromatic heterocycles. The van der Waals surface area contributed by atoms with Crippen LogP contribution in [-0.2, 0) is 6.54 Å². The minimum atomic E-state index is -0.188. The Hall–Kier alpha value is -3.42. The molecule has 0 saturated carbocycles. The van der Waals surface area contributed by atoms with E-state index in [0.29, 0.717) is 38.9 Å². The van der Waals surface area contributed by atoms with E-state index < -0.39 is 0 Å². The molecule has 6 nitrogen and oxygen atoms in total. The van der Waals surface area contributed by atoms with Crippen molar-refractivity contribution in [1.29, 1.82) is 0 Å². The Morgan fingerprint density at radius 3 is 2.54 bits per heavy atom. The van der Waals surface area contributed by atoms with Crippen molar-refractivity contribution in [2.75, 3.05) is 39.3 Å². The van der Waals surface area contributed by atoms with Crippen molar-refractivity contribution in [3.05, 3.63) is 104 Å². The van der Waals surface area contributed by atoms with Crippen LogP contribution in [0.3, 0.4) is 0 Å². The second-order valence-electron chi connectivity index (χ2n) is 10.5. The fourth-order valence-electron chi connectivity index (χ4n) is 5.31. The second kappa shape index (κ2) is 12.2. The maximum atomic E-state index is 13.5. The maximum Gasteiger partial charge on any atom is 0.235 e. The van der Waals surface area contributed by atoms with Gasteiger partial charge in [0, 0.05) is 50.2 Å². The highest BCUT2D eigenvalue weighted by Crippen LogP contribution is 2.34. The highest BCUT2D eigenvalue weighted by molar-refractivity contribution is 6.42. The molecule has 0 N–H and O–H groups in total. The Balaban J connectivity index is 1.08. The van der Waals surface area contributed by atoms with E-state index in [9.17, 15) is 4.79 Å². The van der Waals surface area contributed by atoms with Gasteiger partial charge in [-0.25, -0.2) is 0 Å². The van der Waals surface area contributed by atoms with Crippen molar-refractivity contribution in [1.82, 2.24) is 14.8 Å². The van der Waals surface area contributed by atoms with Crippen LogP contribution < -0.4 is 10.2 Å². The molecule has 8 heteroatoms. The predicted octanol–water partition coefficient (Wildman–Crippen LogP) is 7.21. The number of benzene rings is 3. The second-order valence-corrected chi connectivity index (χ2v) is 11.3. The van der Waals surface area contributed by atoms with Crippen LogP contribution in [0.1, 0.15) is 17.7 Å². The first-order valence-corrected chi connectivity index (χ1v) is 14.7. The van der Waals surface area contributed by atoms with Crippen molar-refractivity contribution in [3.63, 3.8) is 0 Å². The van der Waals surface area contributed by atoms with Crippen molar-refractivity contribution in [3.8, 4) is 17.1 Å². The molecule has 0 radical (unpaired) electrons. The summed E-state index contributed by atoms with van der Waals surface area (Å²) in [5.74, 6) is 0.565. The summed E-state index contributed by atoms with van der Waals surface area (Å²) in [7, 11) is 0. The summed E-state index contributed by atoms with van der Waals surface area (Å²) in [5.41, 5.74) is 4.09. The molecule has 6 rings (SSSR count). The number of pyridine rings is 1. The Morgan fingerprint density at radius 2 is 1.71 bits per heavy atom. The Kier molecular flexibility index (Phi) is 8.26. The van der Waals surface area contributed by atoms with E-state index in [4.69, 9.17) is 37.3 Å². The quantitative estimate of drug-likeness (QED) is 0.179. The largest absolute Gasteiger partial charge is 0.486 e. The summed E-state index contributed by atoms with van der Waals surface area (Å²) in [6.45, 7) is 8.05. The van der Waals surface area contributed by atoms with E-state index in [0.717, 1.165) is 62.5 Å². The average molecular weight is 589 g/mol. The molecule has 3 aromatic carbocycles. The van der Waals surface area contributed by atoms with Crippen LogP contribution in [0.2, 0.25) is 10.0 Å². The van der Waals surface area contributed by atoms with Crippen LogP contribution in [0, 0.1) is 6.92 Å². The van der Waals surface area contributed by atoms with Gasteiger partial charge in [-0.15, -0.1) is 0 Å². The van der Waals surface area contributed by atoms with Crippen LogP contribution >= 0.6 is 23.2 Å². The van der Waals surface area contributed by atoms with E-state index in [1.807, 2.05) is 37.3 Å². The van der Waals surface area contributed by atoms with Gasteiger partial charge in [-0.3, -0.25) is 14.7 Å². The zero-order chi connectivity index (χ0) is 28.3. The molecule has 41 heavy (non-hydrogen) atoms. The number of hydrogen-bond acceptors (Lipinski definition) is 6. The number of nitrogens with zero attached hydrogens (tertiary/aromatic N) is 3. The molecule has 0 bridgehead atoms. The molecule has 1 aliphatic rings. The highest BCUT2D eigenvalue weighted by atomic mass is 35.5. The van der Waals surface area contributed by atoms with Crippen molar-refractivity contribution in [2.24, 2.45) is 0 Å². The van der Waals surface area contributed by atoms with Gasteiger partial charge in [0.1, 0.15) is 5.58 Å². The van der Waals surface area contributed by atoms with Crippen LogP contribution in [0.15, 0.2) is 82.0 Å². The van der Waals surface area contributed by atoms with Gasteiger partial charge >= 0.3 is 0 Å². The smallest absolute Gasteiger partial charge is 0.235 e. The third-order valence-corrected chi connectivity index (χ3v) is 8.30. The first kappa shape index (κ1) is 27.7. The van der Waals surface area contributed by atoms with Gasteiger partial charge < -0.3 is 14.1 Å². The molecule has 1 fully saturated rings. The molecule has 0 atom stereocenters. The lowest BCUT2D eigenvalue weighted by Crippen LogP contribution is -2.46. The monoisotopic (exact) mass is 587 g/mol. The summed E-state index contributed by atoms with van der Waals surface area (Å²) >= 11 is 12.4. The van der Waals surface area contributed by atoms with Gasteiger partial charge in [0.2, 0.25) is 11.2 Å². The normalized spacial score (nSPS) is 14.6. The van der Waals surface area contributed by atoms with Crippen molar-refractivity contribution >= 4 is 45.1 Å². The molecule has 5 aromatic rings. The molecular formula is C33H31Cl2N3O3. The average Bonchev–Trinajstić information content (AvgIpc) is 2.98. The summed E-state index contributed by atoms with van der Waals surface area (Å²) in [4.78, 5) is 23.2. The van der Waals surface area contributed by atoms with Crippen molar-refractivity contribution in [2.45, 2.75) is 19.9 Å². The molecule has 0 spiro atoms. The summed E-state index contributed by atoms with van der Waals surface area (Å²) in [6.07, 6.45) is 0.790. The molecule has 0 amide bonds. The molecular weight excluding hydrogens is 557 g/mol. The fraction of sp³-hybridized carbons (Fsp3) is 0.273. The van der Waals surface area contributed by atoms with Crippen LogP contribution in [0.4, 0.5) is 0 Å². The van der Waals surface area contributed by atoms with E-state index >= 15 is 0 Å². The third-order valence-electron chi connectivity index (χ3n) is 7.56. The number of ether oxygens (including phenoxy) is 1. The predicted molar refractivity (Wildman–Crippen MR) is 166 cm³/mol. The van der Waals surface area contributed by atoms with E-state index in [-0.39, 0.29) is 11.2 Å². The van der Waals surface area contributed by atoms with Gasteiger partial charge in [-0.2, -0.15) is 0 Å².